The summed E-state index contributed by atoms with van der Waals surface area (Å²) in [6, 6.07) is 8.96. The van der Waals surface area contributed by atoms with E-state index < -0.39 is 11.6 Å². The van der Waals surface area contributed by atoms with E-state index in [1.807, 2.05) is 12.1 Å². The number of pyridine rings is 2. The van der Waals surface area contributed by atoms with E-state index in [1.165, 1.54) is 12.1 Å². The molecule has 1 aliphatic rings. The molecule has 1 fully saturated rings. The molecular formula is C24H25F2N5. The third-order valence-electron chi connectivity index (χ3n) is 6.85. The number of nitrogens with zero attached hydrogens (tertiary/aromatic N) is 3. The smallest absolute Gasteiger partial charge is 0.168 e. The van der Waals surface area contributed by atoms with Crippen LogP contribution in [0.3, 0.4) is 0 Å². The Bertz CT molecular complexity index is 1300. The van der Waals surface area contributed by atoms with E-state index in [4.69, 9.17) is 11.5 Å². The van der Waals surface area contributed by atoms with Crippen molar-refractivity contribution in [1.29, 1.82) is 0 Å². The minimum atomic E-state index is -0.848. The number of fused-ring (bicyclic) bond motifs is 2. The highest BCUT2D eigenvalue weighted by Gasteiger charge is 2.36. The molecule has 1 aliphatic carbocycles. The highest BCUT2D eigenvalue weighted by Crippen LogP contribution is 2.48. The molecule has 0 aliphatic heterocycles. The first-order valence-electron chi connectivity index (χ1n) is 10.6. The van der Waals surface area contributed by atoms with Gasteiger partial charge >= 0.3 is 0 Å². The van der Waals surface area contributed by atoms with Gasteiger partial charge in [-0.15, -0.1) is 0 Å². The molecule has 2 atom stereocenters. The Hall–Kier alpha value is -3.22. The van der Waals surface area contributed by atoms with Crippen LogP contribution in [0, 0.1) is 17.0 Å². The number of nitrogen functional groups attached to an aromatic ring is 2. The van der Waals surface area contributed by atoms with Crippen molar-refractivity contribution in [2.75, 3.05) is 11.5 Å². The second kappa shape index (κ2) is 7.18. The van der Waals surface area contributed by atoms with Crippen LogP contribution in [0.15, 0.2) is 42.7 Å². The molecule has 1 saturated carbocycles. The minimum Gasteiger partial charge on any atom is -0.384 e. The van der Waals surface area contributed by atoms with Crippen molar-refractivity contribution in [2.24, 2.45) is 5.41 Å². The largest absolute Gasteiger partial charge is 0.384 e. The summed E-state index contributed by atoms with van der Waals surface area (Å²) in [5.41, 5.74) is 13.6. The molecule has 31 heavy (non-hydrogen) atoms. The van der Waals surface area contributed by atoms with Gasteiger partial charge in [0, 0.05) is 29.2 Å². The summed E-state index contributed by atoms with van der Waals surface area (Å²) in [7, 11) is 0. The Labute approximate surface area is 179 Å². The fourth-order valence-corrected chi connectivity index (χ4v) is 5.07. The maximum Gasteiger partial charge on any atom is 0.168 e. The van der Waals surface area contributed by atoms with Gasteiger partial charge in [-0.1, -0.05) is 6.92 Å². The zero-order valence-corrected chi connectivity index (χ0v) is 17.4. The summed E-state index contributed by atoms with van der Waals surface area (Å²) in [4.78, 5) is 8.34. The number of nitrogens with two attached hydrogens (primary N) is 2. The van der Waals surface area contributed by atoms with Crippen LogP contribution in [0.25, 0.3) is 21.8 Å². The van der Waals surface area contributed by atoms with Crippen molar-refractivity contribution in [3.05, 3.63) is 59.9 Å². The van der Waals surface area contributed by atoms with Crippen molar-refractivity contribution in [2.45, 2.75) is 45.1 Å². The van der Waals surface area contributed by atoms with Crippen molar-refractivity contribution in [1.82, 2.24) is 14.5 Å². The number of hydrogen-bond donors (Lipinski definition) is 2. The monoisotopic (exact) mass is 421 g/mol. The van der Waals surface area contributed by atoms with E-state index >= 15 is 0 Å². The zero-order valence-electron chi connectivity index (χ0n) is 17.4. The molecule has 5 rings (SSSR count). The fourth-order valence-electron chi connectivity index (χ4n) is 5.07. The fraction of sp³-hybridized carbons (Fsp3) is 0.333. The number of aryl methyl sites for hydroxylation is 1. The van der Waals surface area contributed by atoms with Gasteiger partial charge in [0.25, 0.3) is 0 Å². The van der Waals surface area contributed by atoms with Crippen molar-refractivity contribution < 1.29 is 8.78 Å². The molecule has 0 amide bonds. The number of halogens is 2. The lowest BCUT2D eigenvalue weighted by atomic mass is 9.82. The van der Waals surface area contributed by atoms with Crippen LogP contribution < -0.4 is 11.5 Å². The Morgan fingerprint density at radius 1 is 1.13 bits per heavy atom. The topological polar surface area (TPSA) is 82.8 Å². The van der Waals surface area contributed by atoms with Crippen LogP contribution in [0.2, 0.25) is 0 Å². The van der Waals surface area contributed by atoms with E-state index in [9.17, 15) is 8.78 Å². The highest BCUT2D eigenvalue weighted by atomic mass is 19.2. The van der Waals surface area contributed by atoms with Crippen LogP contribution in [-0.2, 0) is 6.42 Å². The van der Waals surface area contributed by atoms with E-state index in [0.29, 0.717) is 35.2 Å². The molecule has 0 spiro atoms. The number of aromatic nitrogens is 3. The molecule has 7 heteroatoms. The second-order valence-electron chi connectivity index (χ2n) is 9.03. The molecular weight excluding hydrogens is 396 g/mol. The van der Waals surface area contributed by atoms with Gasteiger partial charge in [-0.05, 0) is 73.4 Å². The summed E-state index contributed by atoms with van der Waals surface area (Å²) in [6.45, 7) is 2.24. The third-order valence-corrected chi connectivity index (χ3v) is 6.85. The predicted octanol–water partition coefficient (Wildman–Crippen LogP) is 5.39. The average molecular weight is 421 g/mol. The summed E-state index contributed by atoms with van der Waals surface area (Å²) in [5, 5.41) is 1.13. The van der Waals surface area contributed by atoms with Gasteiger partial charge in [0.1, 0.15) is 11.6 Å². The maximum atomic E-state index is 14.7. The van der Waals surface area contributed by atoms with Crippen molar-refractivity contribution >= 4 is 33.4 Å². The molecule has 0 radical (unpaired) electrons. The second-order valence-corrected chi connectivity index (χ2v) is 9.03. The summed E-state index contributed by atoms with van der Waals surface area (Å²) < 4.78 is 31.5. The zero-order chi connectivity index (χ0) is 21.8. The first-order chi connectivity index (χ1) is 14.8. The van der Waals surface area contributed by atoms with Gasteiger partial charge in [0.2, 0.25) is 0 Å². The predicted molar refractivity (Wildman–Crippen MR) is 120 cm³/mol. The number of hydrogen-bond acceptors (Lipinski definition) is 4. The number of rotatable bonds is 4. The Morgan fingerprint density at radius 2 is 1.97 bits per heavy atom. The lowest BCUT2D eigenvalue weighted by Crippen LogP contribution is -2.15. The summed E-state index contributed by atoms with van der Waals surface area (Å²) in [5.74, 6) is -0.791. The third kappa shape index (κ3) is 3.38. The van der Waals surface area contributed by atoms with Crippen LogP contribution in [0.1, 0.15) is 44.2 Å². The Kier molecular flexibility index (Phi) is 4.57. The van der Waals surface area contributed by atoms with E-state index in [0.717, 1.165) is 36.6 Å². The number of benzene rings is 1. The first-order valence-corrected chi connectivity index (χ1v) is 10.6. The molecule has 4 N–H and O–H groups in total. The van der Waals surface area contributed by atoms with Crippen molar-refractivity contribution in [3.63, 3.8) is 0 Å². The van der Waals surface area contributed by atoms with Gasteiger partial charge in [0.15, 0.2) is 11.6 Å². The van der Waals surface area contributed by atoms with Crippen LogP contribution >= 0.6 is 0 Å². The molecule has 1 aromatic carbocycles. The lowest BCUT2D eigenvalue weighted by Gasteiger charge is -2.25. The Morgan fingerprint density at radius 3 is 2.81 bits per heavy atom. The molecule has 0 unspecified atom stereocenters. The first kappa shape index (κ1) is 19.7. The van der Waals surface area contributed by atoms with E-state index in [1.54, 1.807) is 12.3 Å². The average Bonchev–Trinajstić information content (AvgIpc) is 3.34. The molecule has 3 aromatic heterocycles. The normalized spacial score (nSPS) is 21.3. The summed E-state index contributed by atoms with van der Waals surface area (Å²) in [6.07, 6.45) is 8.09. The van der Waals surface area contributed by atoms with Gasteiger partial charge in [0.05, 0.1) is 11.0 Å². The molecule has 5 nitrogen and oxygen atoms in total. The van der Waals surface area contributed by atoms with Crippen LogP contribution in [0.5, 0.6) is 0 Å². The van der Waals surface area contributed by atoms with E-state index in [-0.39, 0.29) is 10.8 Å². The van der Waals surface area contributed by atoms with Gasteiger partial charge in [-0.2, -0.15) is 0 Å². The number of anilines is 2. The highest BCUT2D eigenvalue weighted by molar-refractivity contribution is 5.89. The van der Waals surface area contributed by atoms with E-state index in [2.05, 4.69) is 27.7 Å². The van der Waals surface area contributed by atoms with Gasteiger partial charge in [-0.3, -0.25) is 0 Å². The lowest BCUT2D eigenvalue weighted by molar-refractivity contribution is 0.293. The molecule has 4 aromatic rings. The summed E-state index contributed by atoms with van der Waals surface area (Å²) >= 11 is 0. The van der Waals surface area contributed by atoms with Gasteiger partial charge in [-0.25, -0.2) is 18.7 Å². The van der Waals surface area contributed by atoms with Gasteiger partial charge < -0.3 is 16.0 Å². The molecule has 160 valence electrons. The Balaban J connectivity index is 1.36. The van der Waals surface area contributed by atoms with Crippen LogP contribution in [-0.4, -0.2) is 14.5 Å². The standard InChI is InChI=1S/C24H25F2N5/c1-24(8-4-14-12-18-16(22(26)21(14)25)2-3-20(27)30-18)9-5-15(13-24)31-11-7-17-19(31)6-10-29-23(17)28/h2-3,6-7,10-12,15H,4-5,8-9,13H2,1H3,(H2,27,30)(H2,28,29)/t15-,24+/m0/s1. The molecule has 0 bridgehead atoms. The van der Waals surface area contributed by atoms with Crippen molar-refractivity contribution in [3.8, 4) is 0 Å². The molecule has 3 heterocycles. The quantitative estimate of drug-likeness (QED) is 0.463. The van der Waals surface area contributed by atoms with Crippen LogP contribution in [0.4, 0.5) is 20.4 Å². The maximum absolute atomic E-state index is 14.7. The SMILES string of the molecule is C[C@@]1(CCc2cc3nc(N)ccc3c(F)c2F)CC[C@H](n2ccc3c(N)nccc32)C1. The minimum absolute atomic E-state index is 0.0425. The molecule has 0 saturated heterocycles.